The van der Waals surface area contributed by atoms with Crippen LogP contribution in [-0.4, -0.2) is 18.0 Å². The van der Waals surface area contributed by atoms with Crippen molar-refractivity contribution in [2.45, 2.75) is 32.8 Å². The van der Waals surface area contributed by atoms with Crippen LogP contribution in [0.15, 0.2) is 19.9 Å². The van der Waals surface area contributed by atoms with Crippen molar-refractivity contribution in [3.8, 4) is 0 Å². The maximum Gasteiger partial charge on any atom is 0.344 e. The molecule has 0 spiro atoms. The fraction of sp³-hybridized carbons (Fsp3) is 0.455. The lowest BCUT2D eigenvalue weighted by Crippen LogP contribution is -2.22. The van der Waals surface area contributed by atoms with Crippen LogP contribution in [0.3, 0.4) is 0 Å². The predicted molar refractivity (Wildman–Crippen MR) is 74.6 cm³/mol. The Morgan fingerprint density at radius 1 is 1.65 bits per heavy atom. The highest BCUT2D eigenvalue weighted by Crippen LogP contribution is 2.35. The summed E-state index contributed by atoms with van der Waals surface area (Å²) in [5.74, 6) is -0.408. The maximum atomic E-state index is 11.7. The van der Waals surface area contributed by atoms with Gasteiger partial charge in [-0.1, -0.05) is 13.3 Å². The van der Waals surface area contributed by atoms with E-state index in [1.54, 1.807) is 4.08 Å². The Morgan fingerprint density at radius 3 is 2.71 bits per heavy atom. The van der Waals surface area contributed by atoms with Crippen LogP contribution in [0.5, 0.6) is 0 Å². The Hall–Kier alpha value is -0.370. The summed E-state index contributed by atoms with van der Waals surface area (Å²) >= 11 is 5.29. The molecule has 0 aromatic rings. The summed E-state index contributed by atoms with van der Waals surface area (Å²) < 4.78 is 12.4. The van der Waals surface area contributed by atoms with Gasteiger partial charge in [-0.3, -0.25) is 4.79 Å². The van der Waals surface area contributed by atoms with E-state index in [4.69, 9.17) is 9.47 Å². The monoisotopic (exact) mass is 414 g/mol. The molecule has 0 fully saturated rings. The molecular weight excluding hydrogens is 403 g/mol. The van der Waals surface area contributed by atoms with E-state index >= 15 is 0 Å². The van der Waals surface area contributed by atoms with Gasteiger partial charge in [0.15, 0.2) is 5.76 Å². The van der Waals surface area contributed by atoms with Crippen molar-refractivity contribution in [3.05, 3.63) is 19.9 Å². The Balaban J connectivity index is 3.04. The normalized spacial score (nSPS) is 19.5. The smallest absolute Gasteiger partial charge is 0.344 e. The second-order valence-electron chi connectivity index (χ2n) is 3.48. The van der Waals surface area contributed by atoms with Gasteiger partial charge in [0.25, 0.3) is 0 Å². The average Bonchev–Trinajstić information content (AvgIpc) is 2.52. The van der Waals surface area contributed by atoms with Crippen molar-refractivity contribution in [2.75, 3.05) is 0 Å². The molecule has 94 valence electrons. The molecule has 0 amide bonds. The third-order valence-electron chi connectivity index (χ3n) is 2.16. The minimum absolute atomic E-state index is 0.380. The quantitative estimate of drug-likeness (QED) is 0.523. The van der Waals surface area contributed by atoms with Crippen molar-refractivity contribution < 1.29 is 19.1 Å². The molecule has 1 rings (SSSR count). The average molecular weight is 415 g/mol. The zero-order valence-electron chi connectivity index (χ0n) is 9.46. The lowest BCUT2D eigenvalue weighted by Gasteiger charge is -2.15. The molecule has 0 aliphatic carbocycles. The van der Waals surface area contributed by atoms with E-state index < -0.39 is 18.0 Å². The molecule has 0 saturated carbocycles. The van der Waals surface area contributed by atoms with Crippen LogP contribution in [0.4, 0.5) is 0 Å². The van der Waals surface area contributed by atoms with Gasteiger partial charge in [0.2, 0.25) is 0 Å². The molecule has 0 N–H and O–H groups in total. The van der Waals surface area contributed by atoms with Gasteiger partial charge in [0.1, 0.15) is 6.10 Å². The molecule has 0 aromatic carbocycles. The van der Waals surface area contributed by atoms with E-state index in [9.17, 15) is 9.59 Å². The van der Waals surface area contributed by atoms with Gasteiger partial charge < -0.3 is 9.47 Å². The fourth-order valence-corrected chi connectivity index (χ4v) is 2.97. The second-order valence-corrected chi connectivity index (χ2v) is 4.89. The minimum Gasteiger partial charge on any atom is -0.457 e. The maximum absolute atomic E-state index is 11.7. The Labute approximate surface area is 122 Å². The molecule has 1 atom stereocenters. The molecule has 6 heteroatoms. The van der Waals surface area contributed by atoms with Crippen LogP contribution in [-0.2, 0) is 19.1 Å². The number of hydrogen-bond donors (Lipinski definition) is 0. The molecule has 0 bridgehead atoms. The topological polar surface area (TPSA) is 52.6 Å². The first-order valence-electron chi connectivity index (χ1n) is 5.11. The van der Waals surface area contributed by atoms with Crippen LogP contribution in [0.2, 0.25) is 0 Å². The van der Waals surface area contributed by atoms with Gasteiger partial charge in [-0.25, -0.2) is 4.79 Å². The van der Waals surface area contributed by atoms with Gasteiger partial charge >= 0.3 is 11.9 Å². The number of carbonyl (C=O) groups is 2. The first-order chi connectivity index (χ1) is 8.01. The number of esters is 2. The summed E-state index contributed by atoms with van der Waals surface area (Å²) in [7, 11) is 0. The van der Waals surface area contributed by atoms with E-state index in [1.165, 1.54) is 6.92 Å². The predicted octanol–water partition coefficient (Wildman–Crippen LogP) is 3.20. The molecule has 17 heavy (non-hydrogen) atoms. The highest BCUT2D eigenvalue weighted by atomic mass is 127. The number of rotatable bonds is 4. The first-order valence-corrected chi connectivity index (χ1v) is 7.14. The molecule has 4 nitrogen and oxygen atoms in total. The van der Waals surface area contributed by atoms with Gasteiger partial charge in [0, 0.05) is 11.0 Å². The summed E-state index contributed by atoms with van der Waals surface area (Å²) in [5, 5.41) is 0. The fourth-order valence-electron chi connectivity index (χ4n) is 1.49. The number of carbonyl (C=O) groups excluding carboxylic acids is 2. The van der Waals surface area contributed by atoms with Gasteiger partial charge in [0.05, 0.1) is 10.1 Å². The summed E-state index contributed by atoms with van der Waals surface area (Å²) in [6.45, 7) is 3.28. The minimum atomic E-state index is -0.548. The first kappa shape index (κ1) is 14.7. The van der Waals surface area contributed by atoms with Crippen LogP contribution >= 0.6 is 38.5 Å². The van der Waals surface area contributed by atoms with Gasteiger partial charge in [-0.15, -0.1) is 0 Å². The Morgan fingerprint density at radius 2 is 2.29 bits per heavy atom. The van der Waals surface area contributed by atoms with E-state index in [-0.39, 0.29) is 0 Å². The van der Waals surface area contributed by atoms with Crippen LogP contribution in [0.25, 0.3) is 0 Å². The van der Waals surface area contributed by atoms with Crippen LogP contribution in [0.1, 0.15) is 26.7 Å². The van der Waals surface area contributed by atoms with Crippen molar-refractivity contribution >= 4 is 50.5 Å². The van der Waals surface area contributed by atoms with Gasteiger partial charge in [-0.2, -0.15) is 0 Å². The van der Waals surface area contributed by atoms with Crippen molar-refractivity contribution in [3.63, 3.8) is 0 Å². The number of ether oxygens (including phenoxy) is 2. The molecule has 0 saturated heterocycles. The number of cyclic esters (lactones) is 1. The molecule has 1 heterocycles. The zero-order chi connectivity index (χ0) is 13.0. The van der Waals surface area contributed by atoms with Crippen molar-refractivity contribution in [2.24, 2.45) is 0 Å². The summed E-state index contributed by atoms with van der Waals surface area (Å²) in [6, 6.07) is 0. The third-order valence-corrected chi connectivity index (χ3v) is 3.54. The molecule has 0 aromatic heterocycles. The molecule has 0 unspecified atom stereocenters. The van der Waals surface area contributed by atoms with Crippen LogP contribution in [0, 0.1) is 0 Å². The van der Waals surface area contributed by atoms with E-state index in [2.05, 4.69) is 15.9 Å². The summed E-state index contributed by atoms with van der Waals surface area (Å²) in [6.07, 6.45) is 0.847. The molecule has 0 radical (unpaired) electrons. The lowest BCUT2D eigenvalue weighted by molar-refractivity contribution is -0.146. The van der Waals surface area contributed by atoms with Crippen molar-refractivity contribution in [1.29, 1.82) is 0 Å². The Kier molecular flexibility index (Phi) is 5.64. The van der Waals surface area contributed by atoms with Gasteiger partial charge in [-0.05, 0) is 44.9 Å². The number of halogens is 2. The number of allylic oxidation sites excluding steroid dienone is 1. The van der Waals surface area contributed by atoms with Crippen molar-refractivity contribution in [1.82, 2.24) is 0 Å². The lowest BCUT2D eigenvalue weighted by atomic mass is 10.1. The highest BCUT2D eigenvalue weighted by molar-refractivity contribution is 14.1. The van der Waals surface area contributed by atoms with E-state index in [0.29, 0.717) is 22.2 Å². The molecule has 1 aliphatic rings. The highest BCUT2D eigenvalue weighted by Gasteiger charge is 2.35. The summed E-state index contributed by atoms with van der Waals surface area (Å²) in [4.78, 5) is 22.7. The SMILES string of the molecule is CCC[C@@H](OC(C)=O)C1=C(Br)/C(=C/I)OC1=O. The third kappa shape index (κ3) is 3.54. The Bertz CT molecular complexity index is 400. The largest absolute Gasteiger partial charge is 0.457 e. The summed E-state index contributed by atoms with van der Waals surface area (Å²) in [5.41, 5.74) is 0.380. The second kappa shape index (κ2) is 6.53. The van der Waals surface area contributed by atoms with E-state index in [1.807, 2.05) is 29.5 Å². The van der Waals surface area contributed by atoms with E-state index in [0.717, 1.165) is 6.42 Å². The van der Waals surface area contributed by atoms with Crippen LogP contribution < -0.4 is 0 Å². The zero-order valence-corrected chi connectivity index (χ0v) is 13.2. The molecular formula is C11H12BrIO4. The molecule has 1 aliphatic heterocycles. The standard InChI is InChI=1S/C11H12BrIO4/c1-3-4-7(16-6(2)14)9-10(12)8(5-13)17-11(9)15/h5,7H,3-4H2,1-2H3/b8-5-/t7-/m1/s1. The number of hydrogen-bond acceptors (Lipinski definition) is 4.